The fraction of sp³-hybridized carbons (Fsp3) is 0.304. The van der Waals surface area contributed by atoms with Gasteiger partial charge in [-0.3, -0.25) is 9.55 Å². The second-order valence-electron chi connectivity index (χ2n) is 25.0. The van der Waals surface area contributed by atoms with Crippen LogP contribution in [0.2, 0.25) is 0 Å². The molecule has 9 aromatic rings. The average molecular weight is 969 g/mol. The Kier molecular flexibility index (Phi) is 10.7. The number of imidazole rings is 1. The Hall–Kier alpha value is -7.04. The number of fused-ring (bicyclic) bond motifs is 1. The lowest BCUT2D eigenvalue weighted by Crippen LogP contribution is -2.17. The molecular formula is C69H75N3O. The van der Waals surface area contributed by atoms with Gasteiger partial charge in [-0.15, -0.1) is 0 Å². The van der Waals surface area contributed by atoms with Crippen LogP contribution >= 0.6 is 0 Å². The van der Waals surface area contributed by atoms with Crippen LogP contribution in [-0.2, 0) is 27.1 Å². The molecule has 1 N–H and O–H groups in total. The highest BCUT2D eigenvalue weighted by molar-refractivity contribution is 5.98. The minimum Gasteiger partial charge on any atom is -0.507 e. The van der Waals surface area contributed by atoms with E-state index in [0.29, 0.717) is 22.5 Å². The minimum atomic E-state index is -0.727. The monoisotopic (exact) mass is 969 g/mol. The molecule has 0 unspecified atom stereocenters. The van der Waals surface area contributed by atoms with Gasteiger partial charge in [0, 0.05) is 22.9 Å². The van der Waals surface area contributed by atoms with Crippen molar-refractivity contribution in [1.29, 1.82) is 0 Å². The summed E-state index contributed by atoms with van der Waals surface area (Å²) in [5.74, 6) is 0.715. The van der Waals surface area contributed by atoms with Crippen LogP contribution in [-0.4, -0.2) is 19.6 Å². The number of para-hydroxylation sites is 1. The molecule has 2 heterocycles. The van der Waals surface area contributed by atoms with E-state index in [1.807, 2.05) is 75.4 Å². The molecule has 0 spiro atoms. The number of hydrogen-bond donors (Lipinski definition) is 1. The van der Waals surface area contributed by atoms with E-state index in [9.17, 15) is 9.22 Å². The van der Waals surface area contributed by atoms with Gasteiger partial charge in [0.25, 0.3) is 0 Å². The number of aromatic hydroxyl groups is 1. The van der Waals surface area contributed by atoms with E-state index < -0.39 is 23.0 Å². The summed E-state index contributed by atoms with van der Waals surface area (Å²) in [4.78, 5) is 10.2. The molecule has 2 aromatic heterocycles. The van der Waals surface area contributed by atoms with Crippen LogP contribution in [0.4, 0.5) is 0 Å². The molecule has 0 aliphatic heterocycles. The van der Waals surface area contributed by atoms with Gasteiger partial charge in [0.05, 0.1) is 37.6 Å². The van der Waals surface area contributed by atoms with E-state index in [-0.39, 0.29) is 74.6 Å². The maximum atomic E-state index is 12.7. The van der Waals surface area contributed by atoms with Crippen molar-refractivity contribution >= 4 is 11.0 Å². The van der Waals surface area contributed by atoms with E-state index in [0.717, 1.165) is 61.3 Å². The van der Waals surface area contributed by atoms with E-state index in [2.05, 4.69) is 160 Å². The molecule has 0 radical (unpaired) electrons. The third-order valence-electron chi connectivity index (χ3n) is 14.0. The number of aromatic nitrogens is 3. The van der Waals surface area contributed by atoms with Crippen LogP contribution in [0.1, 0.15) is 147 Å². The molecule has 4 heteroatoms. The van der Waals surface area contributed by atoms with Crippen LogP contribution in [0.25, 0.3) is 83.9 Å². The van der Waals surface area contributed by atoms with Crippen LogP contribution in [0, 0.1) is 6.92 Å². The molecule has 0 saturated heterocycles. The zero-order valence-electron chi connectivity index (χ0n) is 52.8. The number of phenols is 1. The Morgan fingerprint density at radius 2 is 1.04 bits per heavy atom. The first kappa shape index (κ1) is 42.5. The average Bonchev–Trinajstić information content (AvgIpc) is 3.84. The van der Waals surface area contributed by atoms with Gasteiger partial charge in [0.1, 0.15) is 11.6 Å². The molecule has 9 rings (SSSR count). The summed E-state index contributed by atoms with van der Waals surface area (Å²) >= 11 is 0. The SMILES string of the molecule is [2H]c1nc(-c2cc(-c3ccccc3)cc(-c3cccc4c3nc(-c3cc(C(C)(C)C)cc(C(C)(C)C)c3O)n4-c3ccc(-c4cc(C(C)(C)C)cc(C(C)(C)C)c4)cc3C)c2)c([2H])c(-c2c([2H])c([2H])c(C(C)(C)C)c([2H])c2[2H])c1[2H]. The zero-order chi connectivity index (χ0) is 58.7. The maximum Gasteiger partial charge on any atom is 0.149 e. The number of phenolic OH excluding ortho intramolecular Hbond substituents is 1. The summed E-state index contributed by atoms with van der Waals surface area (Å²) in [5, 5.41) is 12.7. The van der Waals surface area contributed by atoms with Crippen LogP contribution < -0.4 is 0 Å². The number of benzene rings is 7. The fourth-order valence-corrected chi connectivity index (χ4v) is 9.42. The van der Waals surface area contributed by atoms with E-state index in [1.54, 1.807) is 0 Å². The molecule has 0 aliphatic carbocycles. The van der Waals surface area contributed by atoms with Crippen LogP contribution in [0.5, 0.6) is 5.75 Å². The molecule has 0 amide bonds. The van der Waals surface area contributed by atoms with Crippen molar-refractivity contribution in [3.63, 3.8) is 0 Å². The summed E-state index contributed by atoms with van der Waals surface area (Å²) in [6.45, 7) is 34.0. The Labute approximate surface area is 446 Å². The lowest BCUT2D eigenvalue weighted by molar-refractivity contribution is 0.446. The number of rotatable bonds is 7. The van der Waals surface area contributed by atoms with Gasteiger partial charge in [0.15, 0.2) is 0 Å². The molecule has 372 valence electrons. The van der Waals surface area contributed by atoms with Gasteiger partial charge in [-0.1, -0.05) is 201 Å². The molecule has 4 nitrogen and oxygen atoms in total. The van der Waals surface area contributed by atoms with Crippen molar-refractivity contribution in [2.45, 2.75) is 138 Å². The number of pyridine rings is 1. The fourth-order valence-electron chi connectivity index (χ4n) is 9.42. The van der Waals surface area contributed by atoms with Crippen molar-refractivity contribution < 1.29 is 14.7 Å². The zero-order valence-corrected chi connectivity index (χ0v) is 45.8. The summed E-state index contributed by atoms with van der Waals surface area (Å²) in [6.07, 6.45) is -0.468. The topological polar surface area (TPSA) is 50.9 Å². The van der Waals surface area contributed by atoms with Gasteiger partial charge in [0.2, 0.25) is 0 Å². The standard InChI is InChI=1S/C69H75N3O/c1-43-33-46(49-37-53(66(5,6)7)40-54(38-49)67(8,9)10)27-30-60(43)72-61-24-20-23-56(62(61)71-64(72)57-41-55(68(11,12)13)42-58(63(57)73)69(14,15)16)50-34-48(44-21-18-17-19-22-44)35-51(36-50)59-39-47(31-32-70-59)45-25-28-52(29-26-45)65(2,3)4/h17-42,73H,1-16H3/i25D,26D,28D,29D,31D,32D,39D. The smallest absolute Gasteiger partial charge is 0.149 e. The summed E-state index contributed by atoms with van der Waals surface area (Å²) in [7, 11) is 0. The molecule has 0 bridgehead atoms. The Morgan fingerprint density at radius 1 is 0.452 bits per heavy atom. The quantitative estimate of drug-likeness (QED) is 0.173. The Balaban J connectivity index is 1.34. The molecule has 0 aliphatic rings. The molecule has 7 aromatic carbocycles. The van der Waals surface area contributed by atoms with Gasteiger partial charge >= 0.3 is 0 Å². The van der Waals surface area contributed by atoms with Crippen molar-refractivity contribution in [2.24, 2.45) is 0 Å². The summed E-state index contributed by atoms with van der Waals surface area (Å²) < 4.78 is 66.6. The third-order valence-corrected chi connectivity index (χ3v) is 14.0. The lowest BCUT2D eigenvalue weighted by atomic mass is 9.78. The van der Waals surface area contributed by atoms with E-state index >= 15 is 0 Å². The predicted molar refractivity (Wildman–Crippen MR) is 311 cm³/mol. The molecule has 0 atom stereocenters. The first-order chi connectivity index (χ1) is 37.1. The number of aryl methyl sites for hydroxylation is 1. The molecule has 73 heavy (non-hydrogen) atoms. The van der Waals surface area contributed by atoms with Gasteiger partial charge in [-0.2, -0.15) is 0 Å². The minimum absolute atomic E-state index is 0.0483. The first-order valence-electron chi connectivity index (χ1n) is 29.1. The van der Waals surface area contributed by atoms with Crippen molar-refractivity contribution in [1.82, 2.24) is 14.5 Å². The van der Waals surface area contributed by atoms with Gasteiger partial charge in [-0.25, -0.2) is 4.98 Å². The molecular weight excluding hydrogens is 887 g/mol. The Bertz CT molecular complexity index is 3890. The van der Waals surface area contributed by atoms with Gasteiger partial charge in [-0.05, 0) is 155 Å². The largest absolute Gasteiger partial charge is 0.507 e. The summed E-state index contributed by atoms with van der Waals surface area (Å²) in [6, 6.07) is 37.5. The lowest BCUT2D eigenvalue weighted by Gasteiger charge is -2.27. The van der Waals surface area contributed by atoms with Crippen molar-refractivity contribution in [3.8, 4) is 78.6 Å². The van der Waals surface area contributed by atoms with Gasteiger partial charge < -0.3 is 5.11 Å². The molecule has 0 fully saturated rings. The second-order valence-corrected chi connectivity index (χ2v) is 25.0. The highest BCUT2D eigenvalue weighted by Crippen LogP contribution is 2.46. The van der Waals surface area contributed by atoms with E-state index in [4.69, 9.17) is 10.5 Å². The second kappa shape index (κ2) is 18.5. The van der Waals surface area contributed by atoms with Crippen LogP contribution in [0.15, 0.2) is 158 Å². The normalized spacial score (nSPS) is 14.1. The summed E-state index contributed by atoms with van der Waals surface area (Å²) in [5.41, 5.74) is 12.4. The molecule has 0 saturated carbocycles. The Morgan fingerprint density at radius 3 is 1.64 bits per heavy atom. The van der Waals surface area contributed by atoms with E-state index in [1.165, 1.54) is 11.1 Å². The first-order valence-corrected chi connectivity index (χ1v) is 25.6. The van der Waals surface area contributed by atoms with Crippen LogP contribution in [0.3, 0.4) is 0 Å². The van der Waals surface area contributed by atoms with Crippen molar-refractivity contribution in [2.75, 3.05) is 0 Å². The number of hydrogen-bond acceptors (Lipinski definition) is 3. The maximum absolute atomic E-state index is 12.7. The third kappa shape index (κ3) is 10.3. The van der Waals surface area contributed by atoms with Crippen molar-refractivity contribution in [3.05, 3.63) is 191 Å². The highest BCUT2D eigenvalue weighted by atomic mass is 16.3. The highest BCUT2D eigenvalue weighted by Gasteiger charge is 2.30. The predicted octanol–water partition coefficient (Wildman–Crippen LogP) is 18.9. The number of nitrogens with zero attached hydrogens (tertiary/aromatic N) is 3.